The first-order valence-electron chi connectivity index (χ1n) is 37.1. The highest BCUT2D eigenvalue weighted by Crippen LogP contribution is 2.45. The number of aliphatic hydroxyl groups is 1. The number of hydrogen-bond donors (Lipinski definition) is 3. The van der Waals surface area contributed by atoms with Crippen molar-refractivity contribution in [2.45, 2.75) is 387 Å². The Hall–Kier alpha value is -1.94. The highest BCUT2D eigenvalue weighted by Gasteiger charge is 2.30. The van der Waals surface area contributed by atoms with Crippen LogP contribution >= 0.6 is 15.6 Å². The second-order valence-corrected chi connectivity index (χ2v) is 29.0. The molecule has 0 aliphatic carbocycles. The van der Waals surface area contributed by atoms with Crippen molar-refractivity contribution < 1.29 is 80.2 Å². The summed E-state index contributed by atoms with van der Waals surface area (Å²) in [6.07, 6.45) is 51.8. The largest absolute Gasteiger partial charge is 0.472 e. The van der Waals surface area contributed by atoms with Crippen LogP contribution in [-0.4, -0.2) is 96.7 Å². The molecule has 0 rings (SSSR count). The monoisotopic (exact) mass is 1320 g/mol. The Bertz CT molecular complexity index is 1740. The maximum absolute atomic E-state index is 13.0. The summed E-state index contributed by atoms with van der Waals surface area (Å²) in [7, 11) is -9.89. The third-order valence-electron chi connectivity index (χ3n) is 16.5. The number of rotatable bonds is 71. The number of phosphoric ester groups is 2. The predicted octanol–water partition coefficient (Wildman–Crippen LogP) is 20.5. The Morgan fingerprint density at radius 3 is 0.756 bits per heavy atom. The molecule has 19 heteroatoms. The van der Waals surface area contributed by atoms with Crippen LogP contribution in [0.2, 0.25) is 0 Å². The number of phosphoric acid groups is 2. The summed E-state index contributed by atoms with van der Waals surface area (Å²) < 4.78 is 68.1. The van der Waals surface area contributed by atoms with E-state index in [1.54, 1.807) is 0 Å². The smallest absolute Gasteiger partial charge is 0.462 e. The van der Waals surface area contributed by atoms with Gasteiger partial charge in [0, 0.05) is 25.7 Å². The number of carbonyl (C=O) groups is 4. The van der Waals surface area contributed by atoms with Gasteiger partial charge in [0.2, 0.25) is 0 Å². The molecule has 0 aromatic carbocycles. The maximum atomic E-state index is 13.0. The van der Waals surface area contributed by atoms with Gasteiger partial charge in [0.05, 0.1) is 26.4 Å². The van der Waals surface area contributed by atoms with E-state index in [-0.39, 0.29) is 25.7 Å². The van der Waals surface area contributed by atoms with Gasteiger partial charge in [-0.05, 0) is 31.6 Å². The topological polar surface area (TPSA) is 237 Å². The van der Waals surface area contributed by atoms with Crippen LogP contribution in [0.25, 0.3) is 0 Å². The molecule has 2 unspecified atom stereocenters. The molecule has 17 nitrogen and oxygen atoms in total. The van der Waals surface area contributed by atoms with Gasteiger partial charge in [-0.2, -0.15) is 0 Å². The Kier molecular flexibility index (Phi) is 63.0. The van der Waals surface area contributed by atoms with Gasteiger partial charge in [-0.15, -0.1) is 0 Å². The van der Waals surface area contributed by atoms with Gasteiger partial charge in [-0.1, -0.05) is 317 Å². The Balaban J connectivity index is 5.12. The van der Waals surface area contributed by atoms with Crippen LogP contribution in [0.15, 0.2) is 0 Å². The zero-order chi connectivity index (χ0) is 66.3. The van der Waals surface area contributed by atoms with Gasteiger partial charge in [-0.25, -0.2) is 9.13 Å². The summed E-state index contributed by atoms with van der Waals surface area (Å²) in [5, 5.41) is 10.6. The molecular formula is C71H138O17P2. The Morgan fingerprint density at radius 1 is 0.300 bits per heavy atom. The lowest BCUT2D eigenvalue weighted by atomic mass is 10.0. The number of unbranched alkanes of at least 4 members (excludes halogenated alkanes) is 43. The lowest BCUT2D eigenvalue weighted by molar-refractivity contribution is -0.161. The minimum absolute atomic E-state index is 0.106. The molecule has 0 aliphatic heterocycles. The first kappa shape index (κ1) is 88.1. The third-order valence-corrected chi connectivity index (χ3v) is 18.4. The summed E-state index contributed by atoms with van der Waals surface area (Å²) in [4.78, 5) is 72.2. The predicted molar refractivity (Wildman–Crippen MR) is 363 cm³/mol. The molecule has 0 bridgehead atoms. The van der Waals surface area contributed by atoms with Gasteiger partial charge < -0.3 is 33.8 Å². The second-order valence-electron chi connectivity index (χ2n) is 26.1. The number of aliphatic hydroxyl groups excluding tert-OH is 1. The Labute approximate surface area is 549 Å². The first-order chi connectivity index (χ1) is 43.5. The highest BCUT2D eigenvalue weighted by atomic mass is 31.2. The number of hydrogen-bond acceptors (Lipinski definition) is 15. The summed E-state index contributed by atoms with van der Waals surface area (Å²) in [5.74, 6) is -1.35. The van der Waals surface area contributed by atoms with Crippen molar-refractivity contribution in [1.82, 2.24) is 0 Å². The average Bonchev–Trinajstić information content (AvgIpc) is 3.71. The fourth-order valence-corrected chi connectivity index (χ4v) is 12.4. The van der Waals surface area contributed by atoms with Crippen LogP contribution < -0.4 is 0 Å². The van der Waals surface area contributed by atoms with Gasteiger partial charge in [-0.3, -0.25) is 37.3 Å². The molecule has 0 amide bonds. The first-order valence-corrected chi connectivity index (χ1v) is 40.1. The van der Waals surface area contributed by atoms with Crippen molar-refractivity contribution in [1.29, 1.82) is 0 Å². The van der Waals surface area contributed by atoms with Crippen LogP contribution in [0.1, 0.15) is 369 Å². The number of esters is 4. The van der Waals surface area contributed by atoms with Crippen molar-refractivity contribution in [3.8, 4) is 0 Å². The summed E-state index contributed by atoms with van der Waals surface area (Å²) in [6.45, 7) is 7.17. The lowest BCUT2D eigenvalue weighted by Gasteiger charge is -2.21. The normalized spacial score (nSPS) is 14.1. The molecule has 0 aromatic rings. The number of ether oxygens (including phenoxy) is 4. The molecule has 0 aromatic heterocycles. The van der Waals surface area contributed by atoms with E-state index in [1.165, 1.54) is 186 Å². The SMILES string of the molecule is CCCCCCCCCCCCCCCCCCCCCCC(=O)O[C@H](COC(=O)CCCCCCCCCCCCCCC(C)C)COP(=O)(O)OC[C@@H](O)COP(=O)(O)OC[C@@H](COC(=O)CCCCCCC)OC(=O)CCCCCCCCCCCC. The standard InChI is InChI=1S/C71H138O17P2/c1-6-9-12-15-17-19-21-22-23-24-25-26-27-28-29-34-38-42-47-52-57-71(76)88-67(61-82-69(74)55-50-45-40-37-33-31-30-32-35-39-44-48-53-64(4)5)63-86-90(79,80)84-59-65(72)58-83-89(77,78)85-62-66(60-81-68(73)54-49-43-14-11-8-3)87-70(75)56-51-46-41-36-20-18-16-13-10-7-2/h64-67,72H,6-63H2,1-5H3,(H,77,78)(H,79,80)/t65-,66+,67+/m0/s1. The molecule has 0 spiro atoms. The fraction of sp³-hybridized carbons (Fsp3) is 0.944. The van der Waals surface area contributed by atoms with E-state index in [9.17, 15) is 43.2 Å². The molecule has 0 saturated heterocycles. The van der Waals surface area contributed by atoms with Crippen molar-refractivity contribution >= 4 is 39.5 Å². The summed E-state index contributed by atoms with van der Waals surface area (Å²) in [5.41, 5.74) is 0. The maximum Gasteiger partial charge on any atom is 0.472 e. The van der Waals surface area contributed by atoms with Crippen LogP contribution in [0, 0.1) is 5.92 Å². The molecule has 0 fully saturated rings. The van der Waals surface area contributed by atoms with Gasteiger partial charge in [0.15, 0.2) is 12.2 Å². The van der Waals surface area contributed by atoms with E-state index in [0.29, 0.717) is 25.7 Å². The lowest BCUT2D eigenvalue weighted by Crippen LogP contribution is -2.30. The van der Waals surface area contributed by atoms with Crippen LogP contribution in [0.5, 0.6) is 0 Å². The van der Waals surface area contributed by atoms with Crippen LogP contribution in [0.3, 0.4) is 0 Å². The minimum Gasteiger partial charge on any atom is -0.462 e. The van der Waals surface area contributed by atoms with E-state index >= 15 is 0 Å². The molecule has 534 valence electrons. The summed E-state index contributed by atoms with van der Waals surface area (Å²) >= 11 is 0. The van der Waals surface area contributed by atoms with E-state index in [1.807, 2.05) is 0 Å². The van der Waals surface area contributed by atoms with Crippen LogP contribution in [0.4, 0.5) is 0 Å². The van der Waals surface area contributed by atoms with Gasteiger partial charge in [0.1, 0.15) is 19.3 Å². The molecule has 0 heterocycles. The fourth-order valence-electron chi connectivity index (χ4n) is 10.8. The quantitative estimate of drug-likeness (QED) is 0.0222. The molecule has 3 N–H and O–H groups in total. The second kappa shape index (κ2) is 64.4. The van der Waals surface area contributed by atoms with Crippen molar-refractivity contribution in [2.75, 3.05) is 39.6 Å². The Morgan fingerprint density at radius 2 is 0.511 bits per heavy atom. The van der Waals surface area contributed by atoms with Crippen molar-refractivity contribution in [3.63, 3.8) is 0 Å². The molecule has 0 aliphatic rings. The van der Waals surface area contributed by atoms with Crippen molar-refractivity contribution in [3.05, 3.63) is 0 Å². The number of carbonyl (C=O) groups excluding carboxylic acids is 4. The van der Waals surface area contributed by atoms with E-state index in [4.69, 9.17) is 37.0 Å². The van der Waals surface area contributed by atoms with Gasteiger partial charge in [0.25, 0.3) is 0 Å². The molecular weight excluding hydrogens is 1190 g/mol. The average molecular weight is 1330 g/mol. The zero-order valence-electron chi connectivity index (χ0n) is 58.3. The minimum atomic E-state index is -4.95. The molecule has 0 radical (unpaired) electrons. The van der Waals surface area contributed by atoms with Gasteiger partial charge >= 0.3 is 39.5 Å². The molecule has 0 saturated carbocycles. The van der Waals surface area contributed by atoms with Crippen molar-refractivity contribution in [2.24, 2.45) is 5.92 Å². The van der Waals surface area contributed by atoms with E-state index in [0.717, 1.165) is 102 Å². The summed E-state index contributed by atoms with van der Waals surface area (Å²) in [6, 6.07) is 0. The van der Waals surface area contributed by atoms with Crippen LogP contribution in [-0.2, 0) is 65.4 Å². The highest BCUT2D eigenvalue weighted by molar-refractivity contribution is 7.47. The zero-order valence-corrected chi connectivity index (χ0v) is 60.1. The molecule has 90 heavy (non-hydrogen) atoms. The third kappa shape index (κ3) is 64.8. The van der Waals surface area contributed by atoms with E-state index in [2.05, 4.69) is 34.6 Å². The van der Waals surface area contributed by atoms with E-state index < -0.39 is 97.5 Å². The molecule has 5 atom stereocenters.